The first-order valence-corrected chi connectivity index (χ1v) is 12.7. The van der Waals surface area contributed by atoms with Crippen LogP contribution in [-0.4, -0.2) is 40.9 Å². The molecule has 3 aromatic rings. The van der Waals surface area contributed by atoms with Crippen LogP contribution in [0.15, 0.2) is 46.3 Å². The molecule has 0 spiro atoms. The van der Waals surface area contributed by atoms with Gasteiger partial charge < -0.3 is 0 Å². The lowest BCUT2D eigenvalue weighted by molar-refractivity contribution is -0.380. The third kappa shape index (κ3) is 5.41. The molecule has 10 nitrogen and oxygen atoms in total. The smallest absolute Gasteiger partial charge is 0.296 e. The molecule has 168 valence electrons. The fourth-order valence-electron chi connectivity index (χ4n) is 2.83. The van der Waals surface area contributed by atoms with Crippen molar-refractivity contribution in [3.05, 3.63) is 57.0 Å². The fraction of sp³-hybridized carbons (Fsp3) is 0.263. The minimum Gasteiger partial charge on any atom is -0.296 e. The highest BCUT2D eigenvalue weighted by atomic mass is 32.2. The summed E-state index contributed by atoms with van der Waals surface area (Å²) in [6.07, 6.45) is 2.47. The van der Waals surface area contributed by atoms with Gasteiger partial charge in [-0.1, -0.05) is 36.5 Å². The molecule has 0 unspecified atom stereocenters. The van der Waals surface area contributed by atoms with E-state index in [1.54, 1.807) is 6.07 Å². The number of thiophene rings is 1. The molecule has 3 rings (SSSR count). The Bertz CT molecular complexity index is 1240. The second kappa shape index (κ2) is 10.1. The van der Waals surface area contributed by atoms with Gasteiger partial charge in [0.15, 0.2) is 9.84 Å². The third-order valence-corrected chi connectivity index (χ3v) is 8.72. The first-order chi connectivity index (χ1) is 15.2. The number of benzene rings is 1. The van der Waals surface area contributed by atoms with E-state index in [-0.39, 0.29) is 25.7 Å². The zero-order chi connectivity index (χ0) is 23.3. The van der Waals surface area contributed by atoms with Gasteiger partial charge in [-0.3, -0.25) is 20.2 Å². The van der Waals surface area contributed by atoms with Gasteiger partial charge in [0.2, 0.25) is 10.3 Å². The Morgan fingerprint density at radius 3 is 2.44 bits per heavy atom. The van der Waals surface area contributed by atoms with Crippen LogP contribution in [-0.2, 0) is 9.84 Å². The standard InChI is InChI=1S/C19H19N5O5S3/c1-3-14(4-2)32(28,29)15-8-5-12(6-9-15)17(25)21-19-23-22-18(31-19)20-11-13-7-10-16(30-13)24(26)27/h5-11,14H,3-4H2,1-2H3,(H,21,23,25). The van der Waals surface area contributed by atoms with Crippen molar-refractivity contribution < 1.29 is 18.1 Å². The number of aromatic nitrogens is 2. The van der Waals surface area contributed by atoms with E-state index in [2.05, 4.69) is 20.5 Å². The van der Waals surface area contributed by atoms with Crippen LogP contribution in [0.25, 0.3) is 0 Å². The SMILES string of the molecule is CCC(CC)S(=O)(=O)c1ccc(C(=O)Nc2nnc(N=Cc3ccc([N+](=O)[O-])s3)s2)cc1. The largest absolute Gasteiger partial charge is 0.324 e. The van der Waals surface area contributed by atoms with E-state index in [0.717, 1.165) is 22.7 Å². The second-order valence-electron chi connectivity index (χ2n) is 6.54. The molecular formula is C19H19N5O5S3. The summed E-state index contributed by atoms with van der Waals surface area (Å²) in [4.78, 5) is 27.6. The van der Waals surface area contributed by atoms with Crippen molar-refractivity contribution >= 4 is 59.9 Å². The number of anilines is 1. The van der Waals surface area contributed by atoms with Crippen LogP contribution in [0, 0.1) is 10.1 Å². The van der Waals surface area contributed by atoms with Crippen LogP contribution in [0.3, 0.4) is 0 Å². The molecule has 0 radical (unpaired) electrons. The number of amides is 1. The van der Waals surface area contributed by atoms with Gasteiger partial charge in [-0.05, 0) is 43.2 Å². The van der Waals surface area contributed by atoms with Crippen LogP contribution < -0.4 is 5.32 Å². The molecule has 0 saturated heterocycles. The van der Waals surface area contributed by atoms with Crippen LogP contribution in [0.5, 0.6) is 0 Å². The van der Waals surface area contributed by atoms with Crippen LogP contribution in [0.2, 0.25) is 0 Å². The van der Waals surface area contributed by atoms with Crippen molar-refractivity contribution in [1.29, 1.82) is 0 Å². The summed E-state index contributed by atoms with van der Waals surface area (Å²) < 4.78 is 25.2. The van der Waals surface area contributed by atoms with E-state index in [1.807, 2.05) is 13.8 Å². The van der Waals surface area contributed by atoms with Gasteiger partial charge >= 0.3 is 5.00 Å². The van der Waals surface area contributed by atoms with Crippen molar-refractivity contribution in [2.24, 2.45) is 4.99 Å². The van der Waals surface area contributed by atoms with Gasteiger partial charge in [0.1, 0.15) is 0 Å². The number of hydrogen-bond donors (Lipinski definition) is 1. The summed E-state index contributed by atoms with van der Waals surface area (Å²) in [7, 11) is -3.44. The molecule has 0 saturated carbocycles. The van der Waals surface area contributed by atoms with Gasteiger partial charge in [-0.2, -0.15) is 0 Å². The number of hydrogen-bond acceptors (Lipinski definition) is 10. The van der Waals surface area contributed by atoms with E-state index in [4.69, 9.17) is 0 Å². The number of nitrogens with one attached hydrogen (secondary N) is 1. The van der Waals surface area contributed by atoms with Crippen LogP contribution in [0.1, 0.15) is 41.9 Å². The van der Waals surface area contributed by atoms with E-state index < -0.39 is 25.9 Å². The Hall–Kier alpha value is -3.03. The lowest BCUT2D eigenvalue weighted by atomic mass is 10.2. The van der Waals surface area contributed by atoms with E-state index in [9.17, 15) is 23.3 Å². The third-order valence-electron chi connectivity index (χ3n) is 4.52. The Labute approximate surface area is 192 Å². The van der Waals surface area contributed by atoms with Crippen molar-refractivity contribution in [1.82, 2.24) is 10.2 Å². The number of aliphatic imine (C=N–C) groups is 1. The Balaban J connectivity index is 1.65. The summed E-state index contributed by atoms with van der Waals surface area (Å²) in [6.45, 7) is 3.66. The molecule has 1 N–H and O–H groups in total. The molecule has 2 aromatic heterocycles. The van der Waals surface area contributed by atoms with E-state index in [0.29, 0.717) is 17.7 Å². The maximum absolute atomic E-state index is 12.6. The van der Waals surface area contributed by atoms with Gasteiger partial charge in [0.05, 0.1) is 19.9 Å². The lowest BCUT2D eigenvalue weighted by Crippen LogP contribution is -2.20. The van der Waals surface area contributed by atoms with E-state index >= 15 is 0 Å². The zero-order valence-corrected chi connectivity index (χ0v) is 19.5. The average molecular weight is 494 g/mol. The van der Waals surface area contributed by atoms with Crippen LogP contribution >= 0.6 is 22.7 Å². The van der Waals surface area contributed by atoms with Gasteiger partial charge in [-0.15, -0.1) is 10.2 Å². The quantitative estimate of drug-likeness (QED) is 0.263. The number of rotatable bonds is 9. The molecule has 0 atom stereocenters. The normalized spacial score (nSPS) is 11.8. The van der Waals surface area contributed by atoms with Crippen molar-refractivity contribution in [3.63, 3.8) is 0 Å². The molecule has 0 fully saturated rings. The van der Waals surface area contributed by atoms with Crippen molar-refractivity contribution in [2.75, 3.05) is 5.32 Å². The molecule has 0 bridgehead atoms. The molecule has 0 aliphatic carbocycles. The minimum atomic E-state index is -3.44. The average Bonchev–Trinajstić information content (AvgIpc) is 3.42. The lowest BCUT2D eigenvalue weighted by Gasteiger charge is -2.14. The van der Waals surface area contributed by atoms with Gasteiger partial charge in [0.25, 0.3) is 5.91 Å². The highest BCUT2D eigenvalue weighted by Crippen LogP contribution is 2.26. The first kappa shape index (κ1) is 23.6. The minimum absolute atomic E-state index is 0.00962. The predicted octanol–water partition coefficient (Wildman–Crippen LogP) is 4.47. The Kier molecular flexibility index (Phi) is 7.43. The highest BCUT2D eigenvalue weighted by Gasteiger charge is 2.24. The van der Waals surface area contributed by atoms with Crippen molar-refractivity contribution in [3.8, 4) is 0 Å². The maximum Gasteiger partial charge on any atom is 0.324 e. The fourth-order valence-corrected chi connectivity index (χ4v) is 5.89. The zero-order valence-electron chi connectivity index (χ0n) is 17.1. The number of nitrogens with zero attached hydrogens (tertiary/aromatic N) is 4. The molecule has 0 aliphatic rings. The summed E-state index contributed by atoms with van der Waals surface area (Å²) in [5.74, 6) is -0.461. The summed E-state index contributed by atoms with van der Waals surface area (Å²) in [5.41, 5.74) is 0.277. The maximum atomic E-state index is 12.6. The Morgan fingerprint density at radius 2 is 1.84 bits per heavy atom. The predicted molar refractivity (Wildman–Crippen MR) is 124 cm³/mol. The second-order valence-corrected chi connectivity index (χ2v) is 10.8. The summed E-state index contributed by atoms with van der Waals surface area (Å²) in [5, 5.41) is 21.1. The van der Waals surface area contributed by atoms with E-state index in [1.165, 1.54) is 36.5 Å². The molecule has 32 heavy (non-hydrogen) atoms. The van der Waals surface area contributed by atoms with Gasteiger partial charge in [-0.25, -0.2) is 13.4 Å². The number of carbonyl (C=O) groups is 1. The Morgan fingerprint density at radius 1 is 1.16 bits per heavy atom. The number of carbonyl (C=O) groups excluding carboxylic acids is 1. The molecular weight excluding hydrogens is 474 g/mol. The van der Waals surface area contributed by atoms with Gasteiger partial charge in [0, 0.05) is 17.8 Å². The van der Waals surface area contributed by atoms with Crippen LogP contribution in [0.4, 0.5) is 15.3 Å². The summed E-state index contributed by atoms with van der Waals surface area (Å²) >= 11 is 2.01. The molecule has 1 amide bonds. The molecule has 0 aliphatic heterocycles. The molecule has 13 heteroatoms. The summed E-state index contributed by atoms with van der Waals surface area (Å²) in [6, 6.07) is 8.72. The highest BCUT2D eigenvalue weighted by molar-refractivity contribution is 7.92. The monoisotopic (exact) mass is 493 g/mol. The number of nitro groups is 1. The molecule has 2 heterocycles. The topological polar surface area (TPSA) is 145 Å². The van der Waals surface area contributed by atoms with Crippen molar-refractivity contribution in [2.45, 2.75) is 36.8 Å². The number of sulfone groups is 1. The first-order valence-electron chi connectivity index (χ1n) is 9.51. The molecule has 1 aromatic carbocycles.